The molecule has 0 saturated heterocycles. The number of rotatable bonds is 3. The minimum atomic E-state index is -0.201. The predicted octanol–water partition coefficient (Wildman–Crippen LogP) is 5.00. The van der Waals surface area contributed by atoms with Gasteiger partial charge in [-0.25, -0.2) is 0 Å². The Hall–Kier alpha value is -3.99. The Balaban J connectivity index is 1.42. The van der Waals surface area contributed by atoms with Crippen LogP contribution in [0.1, 0.15) is 34.0 Å². The molecular weight excluding hydrogens is 412 g/mol. The Morgan fingerprint density at radius 1 is 1.06 bits per heavy atom. The number of carbonyl (C=O) groups excluding carboxylic acids is 1. The zero-order chi connectivity index (χ0) is 22.4. The maximum Gasteiger partial charge on any atom is 0.247 e. The van der Waals surface area contributed by atoms with Gasteiger partial charge in [-0.1, -0.05) is 36.4 Å². The summed E-state index contributed by atoms with van der Waals surface area (Å²) in [5, 5.41) is 11.0. The van der Waals surface area contributed by atoms with E-state index in [1.54, 1.807) is 30.4 Å². The lowest BCUT2D eigenvalue weighted by atomic mass is 9.91. The lowest BCUT2D eigenvalue weighted by molar-refractivity contribution is -0.128. The molecule has 2 aliphatic heterocycles. The number of phenols is 1. The Bertz CT molecular complexity index is 1400. The molecule has 0 fully saturated rings. The van der Waals surface area contributed by atoms with Crippen molar-refractivity contribution < 1.29 is 14.6 Å². The third-order valence-corrected chi connectivity index (χ3v) is 6.64. The number of hydrogen-bond acceptors (Lipinski definition) is 3. The summed E-state index contributed by atoms with van der Waals surface area (Å²) in [5.74, 6) is 1.07. The summed E-state index contributed by atoms with van der Waals surface area (Å²) < 4.78 is 5.71. The molecule has 4 aromatic rings. The van der Waals surface area contributed by atoms with Crippen molar-refractivity contribution in [3.63, 3.8) is 0 Å². The molecule has 0 unspecified atom stereocenters. The fraction of sp³-hybridized carbons (Fsp3) is 0.179. The summed E-state index contributed by atoms with van der Waals surface area (Å²) in [6.45, 7) is 1.34. The molecule has 3 heterocycles. The minimum Gasteiger partial charge on any atom is -0.508 e. The van der Waals surface area contributed by atoms with E-state index in [1.165, 1.54) is 16.5 Å². The molecule has 164 valence electrons. The zero-order valence-corrected chi connectivity index (χ0v) is 18.1. The molecule has 3 aromatic carbocycles. The van der Waals surface area contributed by atoms with Gasteiger partial charge >= 0.3 is 0 Å². The van der Waals surface area contributed by atoms with E-state index >= 15 is 0 Å². The highest BCUT2D eigenvalue weighted by Crippen LogP contribution is 2.40. The predicted molar refractivity (Wildman–Crippen MR) is 128 cm³/mol. The number of carbonyl (C=O) groups is 1. The maximum absolute atomic E-state index is 13.4. The smallest absolute Gasteiger partial charge is 0.247 e. The van der Waals surface area contributed by atoms with Crippen molar-refractivity contribution in [2.24, 2.45) is 0 Å². The monoisotopic (exact) mass is 436 g/mol. The molecule has 0 bridgehead atoms. The fourth-order valence-corrected chi connectivity index (χ4v) is 5.09. The molecule has 2 N–H and O–H groups in total. The molecule has 1 aromatic heterocycles. The first-order valence-corrected chi connectivity index (χ1v) is 11.3. The summed E-state index contributed by atoms with van der Waals surface area (Å²) >= 11 is 0. The molecule has 5 heteroatoms. The van der Waals surface area contributed by atoms with Crippen LogP contribution < -0.4 is 4.74 Å². The first-order chi connectivity index (χ1) is 16.2. The number of aromatic amines is 1. The molecular formula is C28H24N2O3. The number of H-pyrrole nitrogens is 1. The van der Waals surface area contributed by atoms with Crippen molar-refractivity contribution in [2.45, 2.75) is 18.9 Å². The van der Waals surface area contributed by atoms with Crippen molar-refractivity contribution in [1.29, 1.82) is 0 Å². The van der Waals surface area contributed by atoms with Crippen LogP contribution in [0, 0.1) is 0 Å². The van der Waals surface area contributed by atoms with Gasteiger partial charge in [0.25, 0.3) is 0 Å². The van der Waals surface area contributed by atoms with Crippen LogP contribution in [-0.4, -0.2) is 34.0 Å². The molecule has 33 heavy (non-hydrogen) atoms. The largest absolute Gasteiger partial charge is 0.508 e. The van der Waals surface area contributed by atoms with Crippen LogP contribution in [0.5, 0.6) is 11.5 Å². The Morgan fingerprint density at radius 3 is 2.88 bits per heavy atom. The third-order valence-electron chi connectivity index (χ3n) is 6.64. The van der Waals surface area contributed by atoms with E-state index in [0.717, 1.165) is 40.9 Å². The Morgan fingerprint density at radius 2 is 1.97 bits per heavy atom. The number of para-hydroxylation sites is 1. The first-order valence-electron chi connectivity index (χ1n) is 11.3. The number of ether oxygens (including phenoxy) is 1. The second-order valence-corrected chi connectivity index (χ2v) is 8.64. The van der Waals surface area contributed by atoms with Crippen LogP contribution in [0.25, 0.3) is 17.0 Å². The summed E-state index contributed by atoms with van der Waals surface area (Å²) in [4.78, 5) is 19.0. The van der Waals surface area contributed by atoms with E-state index in [1.807, 2.05) is 23.1 Å². The summed E-state index contributed by atoms with van der Waals surface area (Å²) in [7, 11) is 0. The number of amides is 1. The molecule has 0 saturated carbocycles. The van der Waals surface area contributed by atoms with Gasteiger partial charge in [-0.2, -0.15) is 0 Å². The van der Waals surface area contributed by atoms with E-state index in [4.69, 9.17) is 4.74 Å². The van der Waals surface area contributed by atoms with Crippen molar-refractivity contribution in [1.82, 2.24) is 9.88 Å². The number of aromatic hydroxyl groups is 1. The average molecular weight is 437 g/mol. The van der Waals surface area contributed by atoms with Gasteiger partial charge in [0, 0.05) is 35.6 Å². The van der Waals surface area contributed by atoms with Crippen molar-refractivity contribution in [2.75, 3.05) is 13.2 Å². The van der Waals surface area contributed by atoms with E-state index in [9.17, 15) is 9.90 Å². The van der Waals surface area contributed by atoms with Crippen molar-refractivity contribution >= 4 is 22.9 Å². The standard InChI is InChI=1S/C28H24N2O3/c31-21-5-3-4-18(16-21)8-11-26(32)30-14-12-23-22-6-1-2-7-24(22)29-27(23)28(30)20-9-10-25-19(17-20)13-15-33-25/h1-11,16-17,28-29,31H,12-15H2/t28-/m1/s1. The molecule has 0 spiro atoms. The highest BCUT2D eigenvalue weighted by Gasteiger charge is 2.34. The maximum atomic E-state index is 13.4. The topological polar surface area (TPSA) is 65.6 Å². The first kappa shape index (κ1) is 19.7. The van der Waals surface area contributed by atoms with Gasteiger partial charge in [-0.3, -0.25) is 4.79 Å². The summed E-state index contributed by atoms with van der Waals surface area (Å²) in [5.41, 5.74) is 6.54. The number of nitrogens with one attached hydrogen (secondary N) is 1. The Kier molecular flexibility index (Phi) is 4.68. The lowest BCUT2D eigenvalue weighted by Crippen LogP contribution is -2.39. The van der Waals surface area contributed by atoms with Crippen LogP contribution >= 0.6 is 0 Å². The van der Waals surface area contributed by atoms with Crippen LogP contribution in [0.4, 0.5) is 0 Å². The fourth-order valence-electron chi connectivity index (χ4n) is 5.09. The van der Waals surface area contributed by atoms with Crippen LogP contribution in [0.3, 0.4) is 0 Å². The third kappa shape index (κ3) is 3.46. The molecule has 5 nitrogen and oxygen atoms in total. The summed E-state index contributed by atoms with van der Waals surface area (Å²) in [6.07, 6.45) is 5.05. The van der Waals surface area contributed by atoms with Crippen LogP contribution in [-0.2, 0) is 17.6 Å². The molecule has 0 radical (unpaired) electrons. The van der Waals surface area contributed by atoms with Crippen LogP contribution in [0.15, 0.2) is 72.8 Å². The number of hydrogen-bond donors (Lipinski definition) is 2. The molecule has 0 aliphatic carbocycles. The summed E-state index contributed by atoms with van der Waals surface area (Å²) in [6, 6.07) is 21.3. The van der Waals surface area contributed by atoms with E-state index in [0.29, 0.717) is 13.2 Å². The number of phenolic OH excluding ortho intramolecular Hbond substituents is 1. The normalized spacial score (nSPS) is 17.2. The van der Waals surface area contributed by atoms with Gasteiger partial charge in [-0.05, 0) is 65.1 Å². The van der Waals surface area contributed by atoms with E-state index in [2.05, 4.69) is 35.3 Å². The van der Waals surface area contributed by atoms with Gasteiger partial charge in [0.15, 0.2) is 0 Å². The van der Waals surface area contributed by atoms with Gasteiger partial charge in [0.2, 0.25) is 5.91 Å². The number of benzene rings is 3. The molecule has 1 amide bonds. The second-order valence-electron chi connectivity index (χ2n) is 8.64. The minimum absolute atomic E-state index is 0.0515. The van der Waals surface area contributed by atoms with Gasteiger partial charge in [0.05, 0.1) is 12.6 Å². The number of aromatic nitrogens is 1. The van der Waals surface area contributed by atoms with E-state index < -0.39 is 0 Å². The number of nitrogens with zero attached hydrogens (tertiary/aromatic N) is 1. The quantitative estimate of drug-likeness (QED) is 0.445. The van der Waals surface area contributed by atoms with Crippen molar-refractivity contribution in [3.8, 4) is 11.5 Å². The molecule has 1 atom stereocenters. The van der Waals surface area contributed by atoms with Gasteiger partial charge in [-0.15, -0.1) is 0 Å². The van der Waals surface area contributed by atoms with Gasteiger partial charge in [0.1, 0.15) is 11.5 Å². The van der Waals surface area contributed by atoms with Gasteiger partial charge < -0.3 is 19.7 Å². The SMILES string of the molecule is O=C(C=Cc1cccc(O)c1)N1CCc2c([nH]c3ccccc23)[C@H]1c1ccc2c(c1)CCO2. The van der Waals surface area contributed by atoms with E-state index in [-0.39, 0.29) is 17.7 Å². The Labute approximate surface area is 191 Å². The second kappa shape index (κ2) is 7.85. The highest BCUT2D eigenvalue weighted by molar-refractivity contribution is 5.93. The average Bonchev–Trinajstić information content (AvgIpc) is 3.46. The van der Waals surface area contributed by atoms with Crippen LogP contribution in [0.2, 0.25) is 0 Å². The highest BCUT2D eigenvalue weighted by atomic mass is 16.5. The zero-order valence-electron chi connectivity index (χ0n) is 18.1. The number of fused-ring (bicyclic) bond motifs is 4. The van der Waals surface area contributed by atoms with Crippen molar-refractivity contribution in [3.05, 3.63) is 101 Å². The molecule has 6 rings (SSSR count). The molecule has 2 aliphatic rings. The lowest BCUT2D eigenvalue weighted by Gasteiger charge is -2.36.